The van der Waals surface area contributed by atoms with E-state index in [0.29, 0.717) is 6.54 Å². The quantitative estimate of drug-likeness (QED) is 0.577. The van der Waals surface area contributed by atoms with Gasteiger partial charge in [-0.1, -0.05) is 30.3 Å². The smallest absolute Gasteiger partial charge is 0.406 e. The summed E-state index contributed by atoms with van der Waals surface area (Å²) in [6.07, 6.45) is -2.07. The monoisotopic (exact) mass is 464 g/mol. The van der Waals surface area contributed by atoms with Crippen molar-refractivity contribution >= 4 is 11.0 Å². The van der Waals surface area contributed by atoms with Crippen molar-refractivity contribution in [3.63, 3.8) is 0 Å². The van der Waals surface area contributed by atoms with Crippen molar-refractivity contribution in [1.82, 2.24) is 19.4 Å². The number of aryl methyl sites for hydroxylation is 1. The van der Waals surface area contributed by atoms with Crippen molar-refractivity contribution < 1.29 is 22.1 Å². The van der Waals surface area contributed by atoms with Crippen molar-refractivity contribution in [2.45, 2.75) is 30.3 Å². The number of ether oxygens (including phenoxy) is 1. The average molecular weight is 465 g/mol. The van der Waals surface area contributed by atoms with Gasteiger partial charge in [-0.15, -0.1) is 13.2 Å². The molecule has 10 heteroatoms. The number of benzene rings is 2. The first-order valence-electron chi connectivity index (χ1n) is 10.1. The van der Waals surface area contributed by atoms with Crippen LogP contribution in [-0.4, -0.2) is 44.4 Å². The number of likely N-dealkylation sites (tertiary alicyclic amines) is 1. The topological polar surface area (TPSA) is 59.4 Å². The van der Waals surface area contributed by atoms with E-state index < -0.39 is 17.3 Å². The molecular weight excluding hydrogens is 441 g/mol. The summed E-state index contributed by atoms with van der Waals surface area (Å²) < 4.78 is 58.5. The highest BCUT2D eigenvalue weighted by atomic mass is 32.2. The molecule has 1 aromatic heterocycles. The lowest BCUT2D eigenvalue weighted by molar-refractivity contribution is -0.274. The van der Waals surface area contributed by atoms with Gasteiger partial charge < -0.3 is 4.74 Å². The van der Waals surface area contributed by atoms with Gasteiger partial charge in [0.25, 0.3) is 0 Å². The Balaban J connectivity index is 1.30. The molecule has 0 bridgehead atoms. The van der Waals surface area contributed by atoms with E-state index in [1.165, 1.54) is 23.8 Å². The summed E-state index contributed by atoms with van der Waals surface area (Å²) in [6.45, 7) is 2.31. The maximum Gasteiger partial charge on any atom is 0.573 e. The molecule has 0 amide bonds. The van der Waals surface area contributed by atoms with E-state index in [2.05, 4.69) is 43.7 Å². The van der Waals surface area contributed by atoms with E-state index in [1.54, 1.807) is 4.68 Å². The molecule has 4 rings (SSSR count). The minimum Gasteiger partial charge on any atom is -0.406 e. The first-order chi connectivity index (χ1) is 15.2. The molecule has 1 N–H and O–H groups in total. The van der Waals surface area contributed by atoms with Gasteiger partial charge in [-0.2, -0.15) is 5.10 Å². The number of alkyl halides is 3. The van der Waals surface area contributed by atoms with Crippen LogP contribution < -0.4 is 9.46 Å². The lowest BCUT2D eigenvalue weighted by atomic mass is 10.1. The van der Waals surface area contributed by atoms with Crippen LogP contribution in [0.3, 0.4) is 0 Å². The normalized spacial score (nSPS) is 18.1. The Kier molecular flexibility index (Phi) is 6.63. The van der Waals surface area contributed by atoms with Crippen LogP contribution in [0, 0.1) is 0 Å². The molecule has 2 aromatic carbocycles. The molecule has 0 spiro atoms. The van der Waals surface area contributed by atoms with Crippen LogP contribution >= 0.6 is 0 Å². The zero-order valence-electron chi connectivity index (χ0n) is 17.4. The predicted octanol–water partition coefficient (Wildman–Crippen LogP) is 3.87. The summed E-state index contributed by atoms with van der Waals surface area (Å²) in [4.78, 5) is 2.50. The number of rotatable bonds is 7. The summed E-state index contributed by atoms with van der Waals surface area (Å²) in [6, 6.07) is 15.4. The molecule has 1 aliphatic rings. The van der Waals surface area contributed by atoms with Crippen molar-refractivity contribution in [3.8, 4) is 17.0 Å². The van der Waals surface area contributed by atoms with Gasteiger partial charge in [0.1, 0.15) is 16.7 Å². The van der Waals surface area contributed by atoms with Gasteiger partial charge in [-0.3, -0.25) is 9.58 Å². The molecule has 170 valence electrons. The molecule has 2 heterocycles. The fourth-order valence-electron chi connectivity index (χ4n) is 3.69. The van der Waals surface area contributed by atoms with Crippen LogP contribution in [-0.2, 0) is 24.6 Å². The van der Waals surface area contributed by atoms with E-state index in [9.17, 15) is 17.4 Å². The fraction of sp³-hybridized carbons (Fsp3) is 0.318. The van der Waals surface area contributed by atoms with Gasteiger partial charge in [-0.05, 0) is 36.2 Å². The maximum atomic E-state index is 12.6. The maximum absolute atomic E-state index is 12.6. The van der Waals surface area contributed by atoms with Gasteiger partial charge in [-0.25, -0.2) is 8.93 Å². The second-order valence-electron chi connectivity index (χ2n) is 7.70. The van der Waals surface area contributed by atoms with Gasteiger partial charge in [0.15, 0.2) is 0 Å². The second kappa shape index (κ2) is 9.43. The average Bonchev–Trinajstić information content (AvgIpc) is 3.36. The summed E-state index contributed by atoms with van der Waals surface area (Å²) in [5.41, 5.74) is 3.16. The standard InChI is InChI=1S/C22H23F3N4O2S/c1-28-11-10-21(26-28)17-7-5-16(6-8-17)14-29-12-9-18(15-29)27-32(30)20-4-2-3-19(13-20)31-22(23,24)25/h2-8,10-11,13,18,27H,9,12,14-15H2,1H3. The predicted molar refractivity (Wildman–Crippen MR) is 115 cm³/mol. The Bertz CT molecular complexity index is 1090. The van der Waals surface area contributed by atoms with Crippen molar-refractivity contribution in [3.05, 3.63) is 66.4 Å². The zero-order chi connectivity index (χ0) is 22.7. The summed E-state index contributed by atoms with van der Waals surface area (Å²) in [5.74, 6) is -0.382. The van der Waals surface area contributed by atoms with Crippen LogP contribution in [0.1, 0.15) is 12.0 Å². The SMILES string of the molecule is Cn1ccc(-c2ccc(CN3CCC(NS(=O)c4cccc(OC(F)(F)F)c4)C3)cc2)n1. The Labute approximate surface area is 186 Å². The first-order valence-corrected chi connectivity index (χ1v) is 11.3. The molecular formula is C22H23F3N4O2S. The molecule has 6 nitrogen and oxygen atoms in total. The van der Waals surface area contributed by atoms with Gasteiger partial charge >= 0.3 is 6.36 Å². The Morgan fingerprint density at radius 3 is 2.66 bits per heavy atom. The minimum atomic E-state index is -4.78. The lowest BCUT2D eigenvalue weighted by Crippen LogP contribution is -2.33. The Morgan fingerprint density at radius 1 is 1.19 bits per heavy atom. The van der Waals surface area contributed by atoms with Crippen molar-refractivity contribution in [2.24, 2.45) is 7.05 Å². The molecule has 1 saturated heterocycles. The first kappa shape index (κ1) is 22.5. The molecule has 0 radical (unpaired) electrons. The van der Waals surface area contributed by atoms with E-state index in [4.69, 9.17) is 0 Å². The molecule has 1 fully saturated rings. The summed E-state index contributed by atoms with van der Waals surface area (Å²) in [7, 11) is 0.256. The summed E-state index contributed by atoms with van der Waals surface area (Å²) in [5, 5.41) is 4.40. The summed E-state index contributed by atoms with van der Waals surface area (Å²) >= 11 is 0. The van der Waals surface area contributed by atoms with Crippen LogP contribution in [0.4, 0.5) is 13.2 Å². The Morgan fingerprint density at radius 2 is 1.97 bits per heavy atom. The Hall–Kier alpha value is -2.69. The van der Waals surface area contributed by atoms with Crippen LogP contribution in [0.25, 0.3) is 11.3 Å². The number of hydrogen-bond donors (Lipinski definition) is 1. The number of nitrogens with zero attached hydrogens (tertiary/aromatic N) is 3. The highest BCUT2D eigenvalue weighted by molar-refractivity contribution is 7.83. The van der Waals surface area contributed by atoms with E-state index in [0.717, 1.165) is 36.8 Å². The molecule has 0 saturated carbocycles. The number of nitrogens with one attached hydrogen (secondary N) is 1. The third kappa shape index (κ3) is 5.96. The second-order valence-corrected chi connectivity index (χ2v) is 8.95. The largest absolute Gasteiger partial charge is 0.573 e. The van der Waals surface area contributed by atoms with Gasteiger partial charge in [0, 0.05) is 44.5 Å². The number of hydrogen-bond acceptors (Lipinski definition) is 4. The zero-order valence-corrected chi connectivity index (χ0v) is 18.2. The van der Waals surface area contributed by atoms with E-state index >= 15 is 0 Å². The number of aromatic nitrogens is 2. The fourth-order valence-corrected chi connectivity index (χ4v) is 4.74. The number of halogens is 3. The van der Waals surface area contributed by atoms with Crippen molar-refractivity contribution in [2.75, 3.05) is 13.1 Å². The van der Waals surface area contributed by atoms with Gasteiger partial charge in [0.2, 0.25) is 0 Å². The molecule has 32 heavy (non-hydrogen) atoms. The van der Waals surface area contributed by atoms with Crippen LogP contribution in [0.15, 0.2) is 65.7 Å². The van der Waals surface area contributed by atoms with Crippen LogP contribution in [0.2, 0.25) is 0 Å². The molecule has 2 unspecified atom stereocenters. The third-order valence-corrected chi connectivity index (χ3v) is 6.40. The highest BCUT2D eigenvalue weighted by Crippen LogP contribution is 2.25. The van der Waals surface area contributed by atoms with Gasteiger partial charge in [0.05, 0.1) is 10.6 Å². The molecule has 1 aliphatic heterocycles. The van der Waals surface area contributed by atoms with Crippen LogP contribution in [0.5, 0.6) is 5.75 Å². The van der Waals surface area contributed by atoms with Crippen molar-refractivity contribution in [1.29, 1.82) is 0 Å². The highest BCUT2D eigenvalue weighted by Gasteiger charge is 2.31. The third-order valence-electron chi connectivity index (χ3n) is 5.17. The lowest BCUT2D eigenvalue weighted by Gasteiger charge is -2.17. The van der Waals surface area contributed by atoms with E-state index in [1.807, 2.05) is 19.3 Å². The molecule has 0 aliphatic carbocycles. The van der Waals surface area contributed by atoms with E-state index in [-0.39, 0.29) is 16.7 Å². The molecule has 3 aromatic rings. The molecule has 2 atom stereocenters. The minimum absolute atomic E-state index is 0.0178.